The summed E-state index contributed by atoms with van der Waals surface area (Å²) in [5.74, 6) is -0.0957. The van der Waals surface area contributed by atoms with Gasteiger partial charge in [-0.2, -0.15) is 9.78 Å². The molecule has 3 aromatic carbocycles. The van der Waals surface area contributed by atoms with Crippen molar-refractivity contribution in [1.82, 2.24) is 9.66 Å². The van der Waals surface area contributed by atoms with E-state index < -0.39 is 11.7 Å². The van der Waals surface area contributed by atoms with Crippen LogP contribution >= 0.6 is 43.5 Å². The second-order valence-electron chi connectivity index (χ2n) is 8.62. The fourth-order valence-electron chi connectivity index (χ4n) is 3.62. The maximum Gasteiger partial charge on any atom is 0.282 e. The number of fused-ring (bicyclic) bond motifs is 1. The highest BCUT2D eigenvalue weighted by Gasteiger charge is 2.19. The number of carbonyl (C=O) groups excluding carboxylic acids is 1. The first-order valence-corrected chi connectivity index (χ1v) is 13.6. The molecule has 39 heavy (non-hydrogen) atoms. The molecule has 4 aromatic rings. The number of hydrogen-bond donors (Lipinski definition) is 1. The van der Waals surface area contributed by atoms with Crippen molar-refractivity contribution in [2.24, 2.45) is 5.10 Å². The quantitative estimate of drug-likeness (QED) is 0.208. The Morgan fingerprint density at radius 2 is 1.92 bits per heavy atom. The van der Waals surface area contributed by atoms with Crippen molar-refractivity contribution < 1.29 is 18.7 Å². The lowest BCUT2D eigenvalue weighted by Crippen LogP contribution is -2.23. The predicted octanol–water partition coefficient (Wildman–Crippen LogP) is 6.75. The number of carbonyl (C=O) groups is 1. The number of hydrogen-bond acceptors (Lipinski definition) is 6. The maximum atomic E-state index is 13.3. The first kappa shape index (κ1) is 28.7. The number of aromatic nitrogens is 2. The van der Waals surface area contributed by atoms with Crippen LogP contribution < -0.4 is 20.3 Å². The number of rotatable bonds is 8. The maximum absolute atomic E-state index is 13.3. The van der Waals surface area contributed by atoms with Gasteiger partial charge in [0.05, 0.1) is 24.2 Å². The highest BCUT2D eigenvalue weighted by atomic mass is 79.9. The van der Waals surface area contributed by atoms with E-state index >= 15 is 0 Å². The van der Waals surface area contributed by atoms with Crippen molar-refractivity contribution in [1.29, 1.82) is 0 Å². The van der Waals surface area contributed by atoms with Crippen molar-refractivity contribution in [3.63, 3.8) is 0 Å². The molecule has 0 unspecified atom stereocenters. The Balaban J connectivity index is 1.63. The number of methoxy groups -OCH3 is 1. The minimum absolute atomic E-state index is 0.0821. The van der Waals surface area contributed by atoms with E-state index in [-0.39, 0.29) is 34.6 Å². The van der Waals surface area contributed by atoms with Gasteiger partial charge in [-0.3, -0.25) is 9.59 Å². The Kier molecular flexibility index (Phi) is 9.04. The highest BCUT2D eigenvalue weighted by molar-refractivity contribution is 9.10. The summed E-state index contributed by atoms with van der Waals surface area (Å²) < 4.78 is 26.6. The Hall–Kier alpha value is -3.28. The van der Waals surface area contributed by atoms with E-state index in [4.69, 9.17) is 21.1 Å². The molecule has 8 nitrogen and oxygen atoms in total. The Morgan fingerprint density at radius 1 is 1.21 bits per heavy atom. The molecule has 1 aromatic heterocycles. The molecule has 0 spiro atoms. The molecule has 0 saturated carbocycles. The van der Waals surface area contributed by atoms with Crippen molar-refractivity contribution in [2.45, 2.75) is 19.8 Å². The standard InChI is InChI=1S/C27H22Br2ClFN4O4/c1-14(2)26-34-20-9-4-16(28)11-19(20)27(37)35(26)32-12-15-10-21(38-3)25(24(30)23(15)29)39-13-22(36)33-18-7-5-17(31)6-8-18/h4-12,14H,13H2,1-3H3,(H,33,36). The average Bonchev–Trinajstić information content (AvgIpc) is 2.91. The van der Waals surface area contributed by atoms with E-state index in [1.807, 2.05) is 19.9 Å². The number of anilines is 1. The molecular weight excluding hydrogens is 659 g/mol. The summed E-state index contributed by atoms with van der Waals surface area (Å²) in [5.41, 5.74) is 1.18. The van der Waals surface area contributed by atoms with Gasteiger partial charge in [0.15, 0.2) is 18.1 Å². The SMILES string of the molecule is COc1cc(C=Nn2c(C(C)C)nc3ccc(Br)cc3c2=O)c(Br)c(Cl)c1OCC(=O)Nc1ccc(F)cc1. The topological polar surface area (TPSA) is 94.8 Å². The molecule has 202 valence electrons. The minimum Gasteiger partial charge on any atom is -0.493 e. The van der Waals surface area contributed by atoms with Crippen molar-refractivity contribution in [3.8, 4) is 11.5 Å². The third kappa shape index (κ3) is 6.48. The molecular formula is C27H22Br2ClFN4O4. The average molecular weight is 681 g/mol. The first-order chi connectivity index (χ1) is 18.6. The molecule has 0 saturated heterocycles. The van der Waals surface area contributed by atoms with E-state index in [1.165, 1.54) is 42.3 Å². The van der Waals surface area contributed by atoms with E-state index in [0.29, 0.717) is 32.5 Å². The van der Waals surface area contributed by atoms with Crippen LogP contribution in [0.25, 0.3) is 10.9 Å². The van der Waals surface area contributed by atoms with E-state index in [0.717, 1.165) is 4.47 Å². The lowest BCUT2D eigenvalue weighted by molar-refractivity contribution is -0.118. The fraction of sp³-hybridized carbons (Fsp3) is 0.185. The second kappa shape index (κ2) is 12.3. The van der Waals surface area contributed by atoms with Crippen LogP contribution in [0.2, 0.25) is 5.02 Å². The molecule has 0 aliphatic rings. The number of ether oxygens (including phenoxy) is 2. The Morgan fingerprint density at radius 3 is 2.59 bits per heavy atom. The van der Waals surface area contributed by atoms with Gasteiger partial charge in [0.25, 0.3) is 11.5 Å². The third-order valence-corrected chi connectivity index (χ3v) is 7.45. The third-order valence-electron chi connectivity index (χ3n) is 5.51. The van der Waals surface area contributed by atoms with Crippen LogP contribution in [0, 0.1) is 5.82 Å². The molecule has 1 heterocycles. The Bertz CT molecular complexity index is 1640. The van der Waals surface area contributed by atoms with Crippen molar-refractivity contribution in [3.05, 3.63) is 90.1 Å². The molecule has 0 radical (unpaired) electrons. The van der Waals surface area contributed by atoms with Gasteiger partial charge < -0.3 is 14.8 Å². The van der Waals surface area contributed by atoms with E-state index in [2.05, 4.69) is 47.3 Å². The normalized spacial score (nSPS) is 11.4. The second-order valence-corrected chi connectivity index (χ2v) is 10.7. The van der Waals surface area contributed by atoms with Gasteiger partial charge in [0, 0.05) is 26.1 Å². The number of nitrogens with one attached hydrogen (secondary N) is 1. The lowest BCUT2D eigenvalue weighted by Gasteiger charge is -2.15. The summed E-state index contributed by atoms with van der Waals surface area (Å²) >= 11 is 13.4. The van der Waals surface area contributed by atoms with Crippen LogP contribution in [-0.2, 0) is 4.79 Å². The Labute approximate surface area is 245 Å². The zero-order valence-corrected chi connectivity index (χ0v) is 24.9. The van der Waals surface area contributed by atoms with E-state index in [1.54, 1.807) is 18.2 Å². The van der Waals surface area contributed by atoms with Crippen LogP contribution in [0.4, 0.5) is 10.1 Å². The zero-order chi connectivity index (χ0) is 28.3. The fourth-order valence-corrected chi connectivity index (χ4v) is 4.64. The number of nitrogens with zero attached hydrogens (tertiary/aromatic N) is 3. The molecule has 4 rings (SSSR count). The summed E-state index contributed by atoms with van der Waals surface area (Å²) in [4.78, 5) is 30.3. The van der Waals surface area contributed by atoms with Gasteiger partial charge in [-0.05, 0) is 64.5 Å². The van der Waals surface area contributed by atoms with Gasteiger partial charge in [-0.15, -0.1) is 0 Å². The molecule has 1 N–H and O–H groups in total. The van der Waals surface area contributed by atoms with Gasteiger partial charge in [0.2, 0.25) is 0 Å². The van der Waals surface area contributed by atoms with Crippen LogP contribution in [-0.4, -0.2) is 35.5 Å². The van der Waals surface area contributed by atoms with Crippen LogP contribution in [0.15, 0.2) is 67.4 Å². The molecule has 1 amide bonds. The van der Waals surface area contributed by atoms with E-state index in [9.17, 15) is 14.0 Å². The zero-order valence-electron chi connectivity index (χ0n) is 21.0. The minimum atomic E-state index is -0.475. The smallest absolute Gasteiger partial charge is 0.282 e. The molecule has 0 bridgehead atoms. The highest BCUT2D eigenvalue weighted by Crippen LogP contribution is 2.42. The van der Waals surface area contributed by atoms with Gasteiger partial charge >= 0.3 is 0 Å². The van der Waals surface area contributed by atoms with Crippen molar-refractivity contribution in [2.75, 3.05) is 19.0 Å². The first-order valence-electron chi connectivity index (χ1n) is 11.6. The molecule has 0 aliphatic carbocycles. The molecule has 12 heteroatoms. The summed E-state index contributed by atoms with van der Waals surface area (Å²) in [5, 5.41) is 7.61. The number of benzene rings is 3. The summed E-state index contributed by atoms with van der Waals surface area (Å²) in [7, 11) is 1.43. The molecule has 0 aliphatic heterocycles. The monoisotopic (exact) mass is 678 g/mol. The van der Waals surface area contributed by atoms with Gasteiger partial charge in [-0.25, -0.2) is 9.37 Å². The van der Waals surface area contributed by atoms with Crippen LogP contribution in [0.1, 0.15) is 31.2 Å². The molecule has 0 atom stereocenters. The number of amides is 1. The molecule has 0 fully saturated rings. The predicted molar refractivity (Wildman–Crippen MR) is 157 cm³/mol. The van der Waals surface area contributed by atoms with Crippen molar-refractivity contribution >= 4 is 72.2 Å². The lowest BCUT2D eigenvalue weighted by atomic mass is 10.2. The van der Waals surface area contributed by atoms with Crippen LogP contribution in [0.3, 0.4) is 0 Å². The largest absolute Gasteiger partial charge is 0.493 e. The number of halogens is 4. The van der Waals surface area contributed by atoms with Gasteiger partial charge in [-0.1, -0.05) is 41.4 Å². The van der Waals surface area contributed by atoms with Crippen LogP contribution in [0.5, 0.6) is 11.5 Å². The summed E-state index contributed by atoms with van der Waals surface area (Å²) in [6, 6.07) is 12.3. The summed E-state index contributed by atoms with van der Waals surface area (Å²) in [6.45, 7) is 3.47. The van der Waals surface area contributed by atoms with Gasteiger partial charge in [0.1, 0.15) is 16.7 Å². The summed E-state index contributed by atoms with van der Waals surface area (Å²) in [6.07, 6.45) is 1.46.